The van der Waals surface area contributed by atoms with E-state index in [1.54, 1.807) is 21.8 Å². The Hall–Kier alpha value is -3.94. The van der Waals surface area contributed by atoms with E-state index in [9.17, 15) is 0 Å². The van der Waals surface area contributed by atoms with Crippen molar-refractivity contribution in [2.45, 2.75) is 25.9 Å². The van der Waals surface area contributed by atoms with Gasteiger partial charge in [-0.1, -0.05) is 55.5 Å². The normalized spacial score (nSPS) is 11.3. The largest absolute Gasteiger partial charge is 0.394 e. The van der Waals surface area contributed by atoms with Crippen molar-refractivity contribution >= 4 is 23.0 Å². The lowest BCUT2D eigenvalue weighted by Crippen LogP contribution is -2.07. The third kappa shape index (κ3) is 3.80. The Labute approximate surface area is 175 Å². The molecule has 0 saturated heterocycles. The summed E-state index contributed by atoms with van der Waals surface area (Å²) in [6.07, 6.45) is 3.15. The van der Waals surface area contributed by atoms with Gasteiger partial charge in [0.05, 0.1) is 36.9 Å². The molecule has 2 heterocycles. The quantitative estimate of drug-likeness (QED) is 0.391. The van der Waals surface area contributed by atoms with E-state index in [0.717, 1.165) is 11.1 Å². The molecule has 0 atom stereocenters. The lowest BCUT2D eigenvalue weighted by atomic mass is 9.92. The van der Waals surface area contributed by atoms with Crippen LogP contribution in [0.3, 0.4) is 0 Å². The van der Waals surface area contributed by atoms with Gasteiger partial charge in [0.1, 0.15) is 11.6 Å². The summed E-state index contributed by atoms with van der Waals surface area (Å²) in [6, 6.07) is 17.0. The Morgan fingerprint density at radius 1 is 0.667 bits per heavy atom. The van der Waals surface area contributed by atoms with Gasteiger partial charge in [0, 0.05) is 5.92 Å². The fourth-order valence-corrected chi connectivity index (χ4v) is 3.43. The third-order valence-corrected chi connectivity index (χ3v) is 5.44. The highest BCUT2D eigenvalue weighted by molar-refractivity contribution is 5.58. The molecule has 0 amide bonds. The van der Waals surface area contributed by atoms with Gasteiger partial charge in [-0.05, 0) is 22.3 Å². The van der Waals surface area contributed by atoms with Crippen LogP contribution in [0.4, 0.5) is 23.0 Å². The van der Waals surface area contributed by atoms with Gasteiger partial charge in [-0.3, -0.25) is 0 Å². The summed E-state index contributed by atoms with van der Waals surface area (Å²) in [7, 11) is 0. The number of anilines is 4. The van der Waals surface area contributed by atoms with Crippen LogP contribution in [0.15, 0.2) is 60.9 Å². The molecule has 8 nitrogen and oxygen atoms in total. The number of nitrogens with two attached hydrogens (primary N) is 4. The van der Waals surface area contributed by atoms with Gasteiger partial charge in [-0.25, -0.2) is 9.36 Å². The van der Waals surface area contributed by atoms with E-state index in [1.165, 1.54) is 11.1 Å². The van der Waals surface area contributed by atoms with E-state index in [4.69, 9.17) is 22.9 Å². The van der Waals surface area contributed by atoms with Crippen LogP contribution in [-0.2, 0) is 13.1 Å². The van der Waals surface area contributed by atoms with E-state index in [2.05, 4.69) is 65.7 Å². The maximum Gasteiger partial charge on any atom is 0.145 e. The number of hydrogen-bond acceptors (Lipinski definition) is 6. The molecule has 0 unspecified atom stereocenters. The zero-order valence-electron chi connectivity index (χ0n) is 16.9. The summed E-state index contributed by atoms with van der Waals surface area (Å²) in [5.74, 6) is 1.25. The highest BCUT2D eigenvalue weighted by Gasteiger charge is 2.11. The molecule has 0 saturated carbocycles. The summed E-state index contributed by atoms with van der Waals surface area (Å²) in [4.78, 5) is 0. The Morgan fingerprint density at radius 3 is 1.33 bits per heavy atom. The molecule has 8 N–H and O–H groups in total. The molecule has 0 bridgehead atoms. The van der Waals surface area contributed by atoms with E-state index in [1.807, 2.05) is 0 Å². The molecule has 0 fully saturated rings. The van der Waals surface area contributed by atoms with Crippen LogP contribution in [0.25, 0.3) is 0 Å². The van der Waals surface area contributed by atoms with Crippen molar-refractivity contribution in [1.29, 1.82) is 0 Å². The van der Waals surface area contributed by atoms with Gasteiger partial charge in [0.15, 0.2) is 0 Å². The van der Waals surface area contributed by atoms with Crippen molar-refractivity contribution in [3.8, 4) is 0 Å². The van der Waals surface area contributed by atoms with Gasteiger partial charge >= 0.3 is 0 Å². The number of nitrogen functional groups attached to an aromatic ring is 4. The average Bonchev–Trinajstić information content (AvgIpc) is 3.25. The Kier molecular flexibility index (Phi) is 5.05. The molecular weight excluding hydrogens is 376 g/mol. The maximum atomic E-state index is 5.93. The molecule has 0 radical (unpaired) electrons. The first-order chi connectivity index (χ1) is 14.4. The first-order valence-corrected chi connectivity index (χ1v) is 9.73. The summed E-state index contributed by atoms with van der Waals surface area (Å²) in [6.45, 7) is 3.38. The number of benzene rings is 2. The van der Waals surface area contributed by atoms with Gasteiger partial charge in [0.25, 0.3) is 0 Å². The van der Waals surface area contributed by atoms with Gasteiger partial charge in [0.2, 0.25) is 0 Å². The molecular formula is C22H26N8. The molecule has 4 aromatic rings. The second kappa shape index (κ2) is 7.82. The molecule has 2 aromatic heterocycles. The Bertz CT molecular complexity index is 1050. The zero-order chi connectivity index (χ0) is 21.3. The topological polar surface area (TPSA) is 140 Å². The minimum Gasteiger partial charge on any atom is -0.394 e. The predicted octanol–water partition coefficient (Wildman–Crippen LogP) is 2.66. The predicted molar refractivity (Wildman–Crippen MR) is 121 cm³/mol. The number of rotatable bonds is 6. The minimum absolute atomic E-state index is 0.268. The number of hydrogen-bond donors (Lipinski definition) is 4. The smallest absolute Gasteiger partial charge is 0.145 e. The van der Waals surface area contributed by atoms with Crippen molar-refractivity contribution < 1.29 is 0 Å². The summed E-state index contributed by atoms with van der Waals surface area (Å²) in [5, 5.41) is 8.41. The van der Waals surface area contributed by atoms with E-state index in [0.29, 0.717) is 36.1 Å². The highest BCUT2D eigenvalue weighted by atomic mass is 15.3. The molecule has 0 aliphatic rings. The highest BCUT2D eigenvalue weighted by Crippen LogP contribution is 2.25. The van der Waals surface area contributed by atoms with Gasteiger partial charge in [-0.2, -0.15) is 10.2 Å². The third-order valence-electron chi connectivity index (χ3n) is 5.44. The molecule has 8 heteroatoms. The SMILES string of the molecule is CC(c1ccc(Cn2ncc(N)c2N)cc1)c1ccc(Cn2ncc(N)c2N)cc1. The van der Waals surface area contributed by atoms with Crippen molar-refractivity contribution in [3.63, 3.8) is 0 Å². The minimum atomic E-state index is 0.268. The Balaban J connectivity index is 1.44. The molecule has 30 heavy (non-hydrogen) atoms. The van der Waals surface area contributed by atoms with Crippen LogP contribution in [0, 0.1) is 0 Å². The van der Waals surface area contributed by atoms with Crippen molar-refractivity contribution in [2.75, 3.05) is 22.9 Å². The summed E-state index contributed by atoms with van der Waals surface area (Å²) in [5.41, 5.74) is 29.1. The molecule has 0 aliphatic heterocycles. The van der Waals surface area contributed by atoms with Gasteiger partial charge < -0.3 is 22.9 Å². The van der Waals surface area contributed by atoms with Gasteiger partial charge in [-0.15, -0.1) is 0 Å². The lowest BCUT2D eigenvalue weighted by Gasteiger charge is -2.14. The van der Waals surface area contributed by atoms with E-state index < -0.39 is 0 Å². The average molecular weight is 403 g/mol. The molecule has 4 rings (SSSR count). The first kappa shape index (κ1) is 19.4. The van der Waals surface area contributed by atoms with Crippen LogP contribution in [0.2, 0.25) is 0 Å². The number of aromatic nitrogens is 4. The second-order valence-corrected chi connectivity index (χ2v) is 7.49. The maximum absolute atomic E-state index is 5.93. The van der Waals surface area contributed by atoms with Crippen LogP contribution in [0.1, 0.15) is 35.1 Å². The van der Waals surface area contributed by atoms with Crippen LogP contribution in [-0.4, -0.2) is 19.6 Å². The van der Waals surface area contributed by atoms with Crippen molar-refractivity contribution in [2.24, 2.45) is 0 Å². The van der Waals surface area contributed by atoms with Crippen molar-refractivity contribution in [3.05, 3.63) is 83.2 Å². The van der Waals surface area contributed by atoms with E-state index >= 15 is 0 Å². The number of nitrogens with zero attached hydrogens (tertiary/aromatic N) is 4. The van der Waals surface area contributed by atoms with Crippen molar-refractivity contribution in [1.82, 2.24) is 19.6 Å². The fourth-order valence-electron chi connectivity index (χ4n) is 3.43. The lowest BCUT2D eigenvalue weighted by molar-refractivity contribution is 0.696. The Morgan fingerprint density at radius 2 is 1.03 bits per heavy atom. The first-order valence-electron chi connectivity index (χ1n) is 9.73. The summed E-state index contributed by atoms with van der Waals surface area (Å²) >= 11 is 0. The van der Waals surface area contributed by atoms with E-state index in [-0.39, 0.29) is 5.92 Å². The van der Waals surface area contributed by atoms with Crippen LogP contribution < -0.4 is 22.9 Å². The zero-order valence-corrected chi connectivity index (χ0v) is 16.9. The molecule has 0 aliphatic carbocycles. The summed E-state index contributed by atoms with van der Waals surface area (Å²) < 4.78 is 3.40. The van der Waals surface area contributed by atoms with Crippen LogP contribution >= 0.6 is 0 Å². The molecule has 154 valence electrons. The molecule has 0 spiro atoms. The monoisotopic (exact) mass is 402 g/mol. The van der Waals surface area contributed by atoms with Crippen LogP contribution in [0.5, 0.6) is 0 Å². The standard InChI is InChI=1S/C22H26N8/c1-14(17-6-2-15(3-7-17)12-29-21(25)19(23)10-27-29)18-8-4-16(5-9-18)13-30-22(26)20(24)11-28-30/h2-11,14H,12-13,23-26H2,1H3. The second-order valence-electron chi connectivity index (χ2n) is 7.49. The molecule has 2 aromatic carbocycles. The fraction of sp³-hybridized carbons (Fsp3) is 0.182.